The second-order valence-corrected chi connectivity index (χ2v) is 6.33. The van der Waals surface area contributed by atoms with Crippen molar-refractivity contribution in [1.29, 1.82) is 0 Å². The molecule has 0 saturated carbocycles. The third-order valence-corrected chi connectivity index (χ3v) is 4.27. The first-order valence-corrected chi connectivity index (χ1v) is 8.44. The Hall–Kier alpha value is -3.02. The molecule has 0 aromatic heterocycles. The zero-order valence-corrected chi connectivity index (χ0v) is 14.6. The van der Waals surface area contributed by atoms with E-state index < -0.39 is 12.0 Å². The van der Waals surface area contributed by atoms with Gasteiger partial charge in [0, 0.05) is 18.9 Å². The van der Waals surface area contributed by atoms with Crippen LogP contribution in [0.5, 0.6) is 11.5 Å². The number of carboxylic acids is 1. The lowest BCUT2D eigenvalue weighted by atomic mass is 9.95. The molecule has 2 aromatic carbocycles. The maximum atomic E-state index is 12.1. The van der Waals surface area contributed by atoms with Crippen LogP contribution in [0.1, 0.15) is 36.8 Å². The summed E-state index contributed by atoms with van der Waals surface area (Å²) in [6, 6.07) is 12.5. The molecule has 0 saturated heterocycles. The number of hydrogen-bond donors (Lipinski definition) is 4. The number of phenolic OH excluding ortho intramolecular Hbond substituents is 2. The van der Waals surface area contributed by atoms with Crippen LogP contribution in [-0.4, -0.2) is 33.2 Å². The molecule has 4 N–H and O–H groups in total. The van der Waals surface area contributed by atoms with Crippen LogP contribution >= 0.6 is 0 Å². The molecule has 2 atom stereocenters. The fourth-order valence-electron chi connectivity index (χ4n) is 2.77. The molecule has 2 rings (SSSR count). The van der Waals surface area contributed by atoms with Gasteiger partial charge in [-0.3, -0.25) is 4.79 Å². The predicted octanol–water partition coefficient (Wildman–Crippen LogP) is 2.79. The van der Waals surface area contributed by atoms with Gasteiger partial charge >= 0.3 is 5.97 Å². The first-order chi connectivity index (χ1) is 12.4. The maximum absolute atomic E-state index is 12.1. The highest BCUT2D eigenvalue weighted by molar-refractivity contribution is 5.83. The molecule has 0 radical (unpaired) electrons. The Bertz CT molecular complexity index is 760. The van der Waals surface area contributed by atoms with Crippen molar-refractivity contribution in [2.75, 3.05) is 0 Å². The van der Waals surface area contributed by atoms with Crippen LogP contribution in [0.4, 0.5) is 0 Å². The van der Waals surface area contributed by atoms with Gasteiger partial charge in [0.25, 0.3) is 0 Å². The topological polar surface area (TPSA) is 107 Å². The smallest absolute Gasteiger partial charge is 0.326 e. The molecule has 0 bridgehead atoms. The van der Waals surface area contributed by atoms with E-state index in [4.69, 9.17) is 0 Å². The SMILES string of the molecule is CC(CCC(=O)N[C@@H](Cc1ccccc1)C(=O)O)c1ccc(O)cc1O. The molecule has 0 aliphatic carbocycles. The van der Waals surface area contributed by atoms with Crippen LogP contribution in [0.3, 0.4) is 0 Å². The van der Waals surface area contributed by atoms with Gasteiger partial charge in [0.15, 0.2) is 0 Å². The minimum Gasteiger partial charge on any atom is -0.508 e. The largest absolute Gasteiger partial charge is 0.508 e. The Morgan fingerprint density at radius 3 is 2.38 bits per heavy atom. The van der Waals surface area contributed by atoms with Crippen molar-refractivity contribution in [1.82, 2.24) is 5.32 Å². The van der Waals surface area contributed by atoms with Crippen LogP contribution in [0.15, 0.2) is 48.5 Å². The third kappa shape index (κ3) is 5.51. The molecule has 0 heterocycles. The first kappa shape index (κ1) is 19.3. The van der Waals surface area contributed by atoms with Crippen molar-refractivity contribution < 1.29 is 24.9 Å². The summed E-state index contributed by atoms with van der Waals surface area (Å²) in [5.74, 6) is -1.59. The average Bonchev–Trinajstić information content (AvgIpc) is 2.60. The molecule has 1 amide bonds. The van der Waals surface area contributed by atoms with Gasteiger partial charge in [-0.1, -0.05) is 43.3 Å². The Morgan fingerprint density at radius 2 is 1.77 bits per heavy atom. The molecule has 0 aliphatic rings. The standard InChI is InChI=1S/C20H23NO5/c1-13(16-9-8-15(22)12-18(16)23)7-10-19(24)21-17(20(25)26)11-14-5-3-2-4-6-14/h2-6,8-9,12-13,17,22-23H,7,10-11H2,1H3,(H,21,24)(H,25,26)/t13?,17-/m0/s1. The fourth-order valence-corrected chi connectivity index (χ4v) is 2.77. The molecule has 1 unspecified atom stereocenters. The lowest BCUT2D eigenvalue weighted by Crippen LogP contribution is -2.42. The molecule has 6 heteroatoms. The number of carboxylic acid groups (broad SMARTS) is 1. The third-order valence-electron chi connectivity index (χ3n) is 4.27. The lowest BCUT2D eigenvalue weighted by Gasteiger charge is -2.17. The predicted molar refractivity (Wildman–Crippen MR) is 97.1 cm³/mol. The van der Waals surface area contributed by atoms with Crippen molar-refractivity contribution >= 4 is 11.9 Å². The van der Waals surface area contributed by atoms with E-state index in [2.05, 4.69) is 5.32 Å². The number of phenols is 2. The summed E-state index contributed by atoms with van der Waals surface area (Å²) < 4.78 is 0. The van der Waals surface area contributed by atoms with Gasteiger partial charge < -0.3 is 20.6 Å². The van der Waals surface area contributed by atoms with E-state index in [1.165, 1.54) is 12.1 Å². The highest BCUT2D eigenvalue weighted by Crippen LogP contribution is 2.31. The number of hydrogen-bond acceptors (Lipinski definition) is 4. The number of aliphatic carboxylic acids is 1. The zero-order valence-electron chi connectivity index (χ0n) is 14.6. The van der Waals surface area contributed by atoms with Gasteiger partial charge in [0.1, 0.15) is 17.5 Å². The maximum Gasteiger partial charge on any atom is 0.326 e. The number of benzene rings is 2. The van der Waals surface area contributed by atoms with Gasteiger partial charge in [0.05, 0.1) is 0 Å². The van der Waals surface area contributed by atoms with E-state index in [9.17, 15) is 24.9 Å². The molecular formula is C20H23NO5. The first-order valence-electron chi connectivity index (χ1n) is 8.44. The summed E-state index contributed by atoms with van der Waals surface area (Å²) in [7, 11) is 0. The molecule has 0 spiro atoms. The number of aromatic hydroxyl groups is 2. The van der Waals surface area contributed by atoms with Crippen molar-refractivity contribution in [3.8, 4) is 11.5 Å². The van der Waals surface area contributed by atoms with Gasteiger partial charge in [-0.2, -0.15) is 0 Å². The van der Waals surface area contributed by atoms with Crippen molar-refractivity contribution in [2.24, 2.45) is 0 Å². The minimum atomic E-state index is -1.08. The number of carbonyl (C=O) groups excluding carboxylic acids is 1. The second kappa shape index (κ2) is 8.89. The fraction of sp³-hybridized carbons (Fsp3) is 0.300. The Balaban J connectivity index is 1.90. The molecule has 0 fully saturated rings. The normalized spacial score (nSPS) is 13.0. The number of rotatable bonds is 8. The monoisotopic (exact) mass is 357 g/mol. The zero-order chi connectivity index (χ0) is 19.1. The van der Waals surface area contributed by atoms with E-state index in [1.807, 2.05) is 37.3 Å². The number of nitrogens with one attached hydrogen (secondary N) is 1. The summed E-state index contributed by atoms with van der Waals surface area (Å²) in [4.78, 5) is 23.6. The summed E-state index contributed by atoms with van der Waals surface area (Å²) in [5, 5.41) is 31.1. The van der Waals surface area contributed by atoms with Gasteiger partial charge in [-0.05, 0) is 29.5 Å². The second-order valence-electron chi connectivity index (χ2n) is 6.33. The van der Waals surface area contributed by atoms with Gasteiger partial charge in [-0.25, -0.2) is 4.79 Å². The molecule has 6 nitrogen and oxygen atoms in total. The van der Waals surface area contributed by atoms with E-state index >= 15 is 0 Å². The number of carbonyl (C=O) groups is 2. The summed E-state index contributed by atoms with van der Waals surface area (Å²) >= 11 is 0. The number of amides is 1. The highest BCUT2D eigenvalue weighted by Gasteiger charge is 2.21. The van der Waals surface area contributed by atoms with Crippen LogP contribution in [0.2, 0.25) is 0 Å². The minimum absolute atomic E-state index is 0.0228. The van der Waals surface area contributed by atoms with Crippen LogP contribution in [0.25, 0.3) is 0 Å². The summed E-state index contributed by atoms with van der Waals surface area (Å²) in [6.45, 7) is 1.86. The molecule has 26 heavy (non-hydrogen) atoms. The molecule has 2 aromatic rings. The van der Waals surface area contributed by atoms with Crippen molar-refractivity contribution in [3.05, 3.63) is 59.7 Å². The molecule has 138 valence electrons. The van der Waals surface area contributed by atoms with Crippen LogP contribution in [0, 0.1) is 0 Å². The highest BCUT2D eigenvalue weighted by atomic mass is 16.4. The van der Waals surface area contributed by atoms with E-state index in [0.29, 0.717) is 12.0 Å². The summed E-state index contributed by atoms with van der Waals surface area (Å²) in [6.07, 6.45) is 0.804. The molecule has 0 aliphatic heterocycles. The van der Waals surface area contributed by atoms with Gasteiger partial charge in [-0.15, -0.1) is 0 Å². The van der Waals surface area contributed by atoms with E-state index in [0.717, 1.165) is 5.56 Å². The van der Waals surface area contributed by atoms with E-state index in [-0.39, 0.29) is 36.2 Å². The van der Waals surface area contributed by atoms with Gasteiger partial charge in [0.2, 0.25) is 5.91 Å². The Kier molecular flexibility index (Phi) is 6.60. The molecular weight excluding hydrogens is 334 g/mol. The Labute approximate surface area is 152 Å². The Morgan fingerprint density at radius 1 is 1.08 bits per heavy atom. The van der Waals surface area contributed by atoms with Crippen molar-refractivity contribution in [2.45, 2.75) is 38.1 Å². The summed E-state index contributed by atoms with van der Waals surface area (Å²) in [5.41, 5.74) is 1.47. The van der Waals surface area contributed by atoms with Crippen LogP contribution in [-0.2, 0) is 16.0 Å². The van der Waals surface area contributed by atoms with E-state index in [1.54, 1.807) is 6.07 Å². The van der Waals surface area contributed by atoms with Crippen LogP contribution < -0.4 is 5.32 Å². The van der Waals surface area contributed by atoms with Crippen molar-refractivity contribution in [3.63, 3.8) is 0 Å². The average molecular weight is 357 g/mol. The quantitative estimate of drug-likeness (QED) is 0.581. The lowest BCUT2D eigenvalue weighted by molar-refractivity contribution is -0.141.